The highest BCUT2D eigenvalue weighted by Crippen LogP contribution is 2.09. The van der Waals surface area contributed by atoms with Crippen LogP contribution in [0.4, 0.5) is 0 Å². The first-order chi connectivity index (χ1) is 7.65. The van der Waals surface area contributed by atoms with E-state index in [-0.39, 0.29) is 5.56 Å². The lowest BCUT2D eigenvalue weighted by Crippen LogP contribution is -2.25. The topological polar surface area (TPSA) is 61.2 Å². The summed E-state index contributed by atoms with van der Waals surface area (Å²) in [6, 6.07) is 5.03. The summed E-state index contributed by atoms with van der Waals surface area (Å²) >= 11 is 0. The van der Waals surface area contributed by atoms with Crippen molar-refractivity contribution in [2.75, 3.05) is 7.11 Å². The van der Waals surface area contributed by atoms with Crippen molar-refractivity contribution in [3.8, 4) is 0 Å². The highest BCUT2D eigenvalue weighted by Gasteiger charge is 2.14. The van der Waals surface area contributed by atoms with Crippen molar-refractivity contribution < 1.29 is 9.53 Å². The molecule has 0 aliphatic carbocycles. The second-order valence-corrected chi connectivity index (χ2v) is 3.33. The van der Waals surface area contributed by atoms with Gasteiger partial charge < -0.3 is 4.74 Å². The minimum Gasteiger partial charge on any atom is -0.465 e. The summed E-state index contributed by atoms with van der Waals surface area (Å²) in [5, 5.41) is 0.727. The Balaban J connectivity index is 2.84. The highest BCUT2D eigenvalue weighted by molar-refractivity contribution is 5.92. The molecule has 0 spiro atoms. The van der Waals surface area contributed by atoms with Gasteiger partial charge in [0.15, 0.2) is 0 Å². The molecule has 2 rings (SSSR count). The van der Waals surface area contributed by atoms with E-state index >= 15 is 0 Å². The predicted molar refractivity (Wildman–Crippen MR) is 58.3 cm³/mol. The van der Waals surface area contributed by atoms with Gasteiger partial charge in [0.25, 0.3) is 5.56 Å². The van der Waals surface area contributed by atoms with Crippen LogP contribution in [0.5, 0.6) is 0 Å². The zero-order chi connectivity index (χ0) is 11.7. The normalized spacial score (nSPS) is 10.4. The molecular weight excluding hydrogens is 208 g/mol. The number of hydrogen-bond donors (Lipinski definition) is 0. The van der Waals surface area contributed by atoms with E-state index < -0.39 is 11.5 Å². The van der Waals surface area contributed by atoms with Gasteiger partial charge in [0.05, 0.1) is 7.11 Å². The second-order valence-electron chi connectivity index (χ2n) is 3.33. The first kappa shape index (κ1) is 10.4. The molecule has 5 heteroatoms. The maximum Gasteiger partial charge on any atom is 0.343 e. The summed E-state index contributed by atoms with van der Waals surface area (Å²) < 4.78 is 5.88. The summed E-state index contributed by atoms with van der Waals surface area (Å²) in [5.41, 5.74) is 0.156. The number of esters is 1. The maximum atomic E-state index is 11.8. The van der Waals surface area contributed by atoms with E-state index in [0.29, 0.717) is 5.65 Å². The Kier molecular flexibility index (Phi) is 2.44. The number of methoxy groups -OCH3 is 1. The molecule has 2 aromatic rings. The Morgan fingerprint density at radius 2 is 2.25 bits per heavy atom. The van der Waals surface area contributed by atoms with Gasteiger partial charge in [-0.05, 0) is 18.2 Å². The third-order valence-corrected chi connectivity index (χ3v) is 2.37. The van der Waals surface area contributed by atoms with E-state index in [2.05, 4.69) is 9.72 Å². The summed E-state index contributed by atoms with van der Waals surface area (Å²) in [7, 11) is 2.82. The van der Waals surface area contributed by atoms with Crippen LogP contribution in [0.2, 0.25) is 0 Å². The fourth-order valence-corrected chi connectivity index (χ4v) is 1.55. The van der Waals surface area contributed by atoms with Crippen LogP contribution in [-0.4, -0.2) is 22.6 Å². The Hall–Kier alpha value is -2.17. The minimum absolute atomic E-state index is 0.0190. The lowest BCUT2D eigenvalue weighted by Gasteiger charge is -2.05. The van der Waals surface area contributed by atoms with Crippen molar-refractivity contribution in [2.45, 2.75) is 0 Å². The van der Waals surface area contributed by atoms with Gasteiger partial charge in [-0.25, -0.2) is 9.78 Å². The third kappa shape index (κ3) is 1.46. The lowest BCUT2D eigenvalue weighted by molar-refractivity contribution is 0.0598. The lowest BCUT2D eigenvalue weighted by atomic mass is 10.2. The Morgan fingerprint density at radius 1 is 1.50 bits per heavy atom. The molecule has 0 atom stereocenters. The average Bonchev–Trinajstić information content (AvgIpc) is 2.33. The van der Waals surface area contributed by atoms with Crippen molar-refractivity contribution in [3.63, 3.8) is 0 Å². The van der Waals surface area contributed by atoms with Gasteiger partial charge in [0, 0.05) is 18.6 Å². The summed E-state index contributed by atoms with van der Waals surface area (Å²) in [5.74, 6) is -0.633. The molecule has 0 aliphatic heterocycles. The number of nitrogens with zero attached hydrogens (tertiary/aromatic N) is 2. The molecule has 0 saturated heterocycles. The van der Waals surface area contributed by atoms with Crippen molar-refractivity contribution in [3.05, 3.63) is 40.3 Å². The van der Waals surface area contributed by atoms with Gasteiger partial charge >= 0.3 is 5.97 Å². The van der Waals surface area contributed by atoms with Crippen LogP contribution < -0.4 is 5.56 Å². The predicted octanol–water partition coefficient (Wildman–Crippen LogP) is 0.720. The fraction of sp³-hybridized carbons (Fsp3) is 0.182. The molecule has 0 bridgehead atoms. The number of rotatable bonds is 1. The number of hydrogen-bond acceptors (Lipinski definition) is 4. The van der Waals surface area contributed by atoms with E-state index in [9.17, 15) is 9.59 Å². The monoisotopic (exact) mass is 218 g/mol. The Labute approximate surface area is 91.3 Å². The molecule has 0 amide bonds. The zero-order valence-electron chi connectivity index (χ0n) is 8.93. The van der Waals surface area contributed by atoms with E-state index in [1.165, 1.54) is 17.7 Å². The Morgan fingerprint density at radius 3 is 2.94 bits per heavy atom. The van der Waals surface area contributed by atoms with E-state index in [1.807, 2.05) is 0 Å². The molecule has 0 aromatic carbocycles. The molecule has 0 radical (unpaired) electrons. The van der Waals surface area contributed by atoms with Crippen LogP contribution in [0.3, 0.4) is 0 Å². The fourth-order valence-electron chi connectivity index (χ4n) is 1.55. The Bertz CT molecular complexity index is 616. The van der Waals surface area contributed by atoms with Crippen LogP contribution in [0.1, 0.15) is 10.4 Å². The molecule has 82 valence electrons. The van der Waals surface area contributed by atoms with Crippen LogP contribution in [-0.2, 0) is 11.8 Å². The highest BCUT2D eigenvalue weighted by atomic mass is 16.5. The standard InChI is InChI=1S/C11H10N2O3/c1-13-9-7(4-3-5-12-9)6-8(10(13)14)11(15)16-2/h3-6H,1-2H3. The van der Waals surface area contributed by atoms with Gasteiger partial charge in [0.1, 0.15) is 11.2 Å². The minimum atomic E-state index is -0.633. The smallest absolute Gasteiger partial charge is 0.343 e. The second kappa shape index (κ2) is 3.77. The molecule has 5 nitrogen and oxygen atoms in total. The number of ether oxygens (including phenoxy) is 1. The van der Waals surface area contributed by atoms with Crippen LogP contribution in [0.25, 0.3) is 11.0 Å². The number of carbonyl (C=O) groups excluding carboxylic acids is 1. The molecule has 0 fully saturated rings. The molecule has 0 unspecified atom stereocenters. The first-order valence-electron chi connectivity index (χ1n) is 4.68. The quantitative estimate of drug-likeness (QED) is 0.662. The van der Waals surface area contributed by atoms with E-state index in [0.717, 1.165) is 5.39 Å². The average molecular weight is 218 g/mol. The van der Waals surface area contributed by atoms with Crippen LogP contribution >= 0.6 is 0 Å². The van der Waals surface area contributed by atoms with Gasteiger partial charge in [-0.3, -0.25) is 9.36 Å². The molecular formula is C11H10N2O3. The van der Waals surface area contributed by atoms with Gasteiger partial charge in [-0.2, -0.15) is 0 Å². The van der Waals surface area contributed by atoms with Gasteiger partial charge in [-0.15, -0.1) is 0 Å². The summed E-state index contributed by atoms with van der Waals surface area (Å²) in [6.45, 7) is 0. The number of fused-ring (bicyclic) bond motifs is 1. The van der Waals surface area contributed by atoms with Crippen molar-refractivity contribution in [1.82, 2.24) is 9.55 Å². The van der Waals surface area contributed by atoms with Crippen molar-refractivity contribution in [1.29, 1.82) is 0 Å². The van der Waals surface area contributed by atoms with Gasteiger partial charge in [0.2, 0.25) is 0 Å². The van der Waals surface area contributed by atoms with Gasteiger partial charge in [-0.1, -0.05) is 0 Å². The van der Waals surface area contributed by atoms with Crippen molar-refractivity contribution in [2.24, 2.45) is 7.05 Å². The zero-order valence-corrected chi connectivity index (χ0v) is 8.93. The number of aromatic nitrogens is 2. The number of pyridine rings is 2. The maximum absolute atomic E-state index is 11.8. The summed E-state index contributed by atoms with van der Waals surface area (Å²) in [4.78, 5) is 27.3. The largest absolute Gasteiger partial charge is 0.465 e. The molecule has 0 N–H and O–H groups in total. The van der Waals surface area contributed by atoms with E-state index in [4.69, 9.17) is 0 Å². The summed E-state index contributed by atoms with van der Waals surface area (Å²) in [6.07, 6.45) is 1.60. The van der Waals surface area contributed by atoms with Crippen LogP contribution in [0.15, 0.2) is 29.2 Å². The SMILES string of the molecule is COC(=O)c1cc2cccnc2n(C)c1=O. The molecule has 0 saturated carbocycles. The molecule has 2 heterocycles. The van der Waals surface area contributed by atoms with E-state index in [1.54, 1.807) is 25.4 Å². The van der Waals surface area contributed by atoms with Crippen LogP contribution in [0, 0.1) is 0 Å². The third-order valence-electron chi connectivity index (χ3n) is 2.37. The number of aryl methyl sites for hydroxylation is 1. The first-order valence-corrected chi connectivity index (χ1v) is 4.68. The molecule has 0 aliphatic rings. The van der Waals surface area contributed by atoms with Crippen molar-refractivity contribution >= 4 is 17.0 Å². The number of carbonyl (C=O) groups is 1. The molecule has 16 heavy (non-hydrogen) atoms. The molecule has 2 aromatic heterocycles.